The van der Waals surface area contributed by atoms with Crippen LogP contribution in [0.5, 0.6) is 0 Å². The molecule has 1 fully saturated rings. The lowest BCUT2D eigenvalue weighted by Crippen LogP contribution is -2.46. The van der Waals surface area contributed by atoms with E-state index in [0.717, 1.165) is 49.7 Å². The van der Waals surface area contributed by atoms with Gasteiger partial charge in [0.15, 0.2) is 0 Å². The van der Waals surface area contributed by atoms with Gasteiger partial charge >= 0.3 is 0 Å². The Morgan fingerprint density at radius 1 is 0.739 bits per heavy atom. The van der Waals surface area contributed by atoms with Crippen LogP contribution in [-0.4, -0.2) is 31.1 Å². The van der Waals surface area contributed by atoms with Gasteiger partial charge in [-0.3, -0.25) is 0 Å². The minimum Gasteiger partial charge on any atom is -0.371 e. The van der Waals surface area contributed by atoms with Crippen molar-refractivity contribution in [2.24, 2.45) is 0 Å². The molecule has 0 atom stereocenters. The molecule has 118 valence electrons. The molecule has 0 radical (unpaired) electrons. The first-order valence-electron chi connectivity index (χ1n) is 8.34. The maximum atomic E-state index is 6.33. The third-order valence-electron chi connectivity index (χ3n) is 4.91. The van der Waals surface area contributed by atoms with Gasteiger partial charge in [0.25, 0.3) is 0 Å². The largest absolute Gasteiger partial charge is 0.371 e. The fourth-order valence-corrected chi connectivity index (χ4v) is 3.86. The number of hydrogen-bond acceptors (Lipinski definition) is 2. The maximum Gasteiger partial charge on any atom is 0.0639 e. The third-order valence-corrected chi connectivity index (χ3v) is 5.23. The van der Waals surface area contributed by atoms with Gasteiger partial charge in [0, 0.05) is 31.9 Å². The Kier molecular flexibility index (Phi) is 4.00. The van der Waals surface area contributed by atoms with E-state index >= 15 is 0 Å². The van der Waals surface area contributed by atoms with Crippen LogP contribution in [0.4, 0.5) is 5.69 Å². The zero-order chi connectivity index (χ0) is 15.6. The number of piperazine rings is 1. The monoisotopic (exact) mass is 324 g/mol. The summed E-state index contributed by atoms with van der Waals surface area (Å²) in [6, 6.07) is 16.9. The van der Waals surface area contributed by atoms with Crippen LogP contribution in [0.25, 0.3) is 6.08 Å². The molecule has 0 saturated carbocycles. The number of allylic oxidation sites excluding steroid dienone is 1. The molecule has 1 aliphatic carbocycles. The molecule has 0 amide bonds. The van der Waals surface area contributed by atoms with E-state index in [1.54, 1.807) is 0 Å². The van der Waals surface area contributed by atoms with Gasteiger partial charge in [0.05, 0.1) is 10.7 Å². The van der Waals surface area contributed by atoms with Gasteiger partial charge in [-0.2, -0.15) is 0 Å². The Hall–Kier alpha value is -1.93. The number of nitrogens with zero attached hydrogens (tertiary/aromatic N) is 2. The summed E-state index contributed by atoms with van der Waals surface area (Å²) in [6.45, 7) is 4.20. The molecule has 2 aromatic rings. The topological polar surface area (TPSA) is 6.48 Å². The Bertz CT molecular complexity index is 730. The van der Waals surface area contributed by atoms with Gasteiger partial charge in [-0.05, 0) is 42.2 Å². The number of aryl methyl sites for hydroxylation is 1. The van der Waals surface area contributed by atoms with Crippen LogP contribution in [0, 0.1) is 0 Å². The first-order chi connectivity index (χ1) is 11.3. The molecule has 0 spiro atoms. The SMILES string of the molecule is Clc1ccccc1N1CCN(C2=Cc3ccccc3CC2)CC1. The molecule has 0 bridgehead atoms. The summed E-state index contributed by atoms with van der Waals surface area (Å²) in [5, 5.41) is 0.853. The minimum atomic E-state index is 0.853. The van der Waals surface area contributed by atoms with Crippen LogP contribution in [0.3, 0.4) is 0 Å². The van der Waals surface area contributed by atoms with Crippen molar-refractivity contribution in [3.8, 4) is 0 Å². The number of rotatable bonds is 2. The second-order valence-corrected chi connectivity index (χ2v) is 6.67. The number of benzene rings is 2. The van der Waals surface area contributed by atoms with Crippen LogP contribution in [0.15, 0.2) is 54.2 Å². The van der Waals surface area contributed by atoms with E-state index in [1.165, 1.54) is 16.8 Å². The molecular formula is C20H21ClN2. The maximum absolute atomic E-state index is 6.33. The Labute approximate surface area is 143 Å². The lowest BCUT2D eigenvalue weighted by Gasteiger charge is -2.39. The van der Waals surface area contributed by atoms with Gasteiger partial charge < -0.3 is 9.80 Å². The number of anilines is 1. The first kappa shape index (κ1) is 14.6. The smallest absolute Gasteiger partial charge is 0.0639 e. The van der Waals surface area contributed by atoms with E-state index in [4.69, 9.17) is 11.6 Å². The van der Waals surface area contributed by atoms with Gasteiger partial charge in [-0.25, -0.2) is 0 Å². The van der Waals surface area contributed by atoms with Crippen LogP contribution < -0.4 is 4.90 Å². The average Bonchev–Trinajstić information content (AvgIpc) is 2.62. The summed E-state index contributed by atoms with van der Waals surface area (Å²) in [5.41, 5.74) is 5.52. The molecule has 0 aromatic heterocycles. The first-order valence-corrected chi connectivity index (χ1v) is 8.72. The van der Waals surface area contributed by atoms with Crippen LogP contribution >= 0.6 is 11.6 Å². The van der Waals surface area contributed by atoms with E-state index < -0.39 is 0 Å². The highest BCUT2D eigenvalue weighted by Crippen LogP contribution is 2.29. The standard InChI is InChI=1S/C20H21ClN2/c21-19-7-3-4-8-20(19)23-13-11-22(12-14-23)18-10-9-16-5-1-2-6-17(16)15-18/h1-8,15H,9-14H2. The highest BCUT2D eigenvalue weighted by atomic mass is 35.5. The molecule has 3 heteroatoms. The van der Waals surface area contributed by atoms with E-state index in [0.29, 0.717) is 0 Å². The van der Waals surface area contributed by atoms with Gasteiger partial charge in [-0.1, -0.05) is 48.0 Å². The van der Waals surface area contributed by atoms with Gasteiger partial charge in [0.2, 0.25) is 0 Å². The summed E-state index contributed by atoms with van der Waals surface area (Å²) in [4.78, 5) is 4.94. The summed E-state index contributed by atoms with van der Waals surface area (Å²) < 4.78 is 0. The summed E-state index contributed by atoms with van der Waals surface area (Å²) >= 11 is 6.33. The predicted octanol–water partition coefficient (Wildman–Crippen LogP) is 4.45. The fraction of sp³-hybridized carbons (Fsp3) is 0.300. The summed E-state index contributed by atoms with van der Waals surface area (Å²) in [6.07, 6.45) is 4.69. The lowest BCUT2D eigenvalue weighted by atomic mass is 9.94. The van der Waals surface area contributed by atoms with Crippen molar-refractivity contribution < 1.29 is 0 Å². The lowest BCUT2D eigenvalue weighted by molar-refractivity contribution is 0.313. The molecule has 0 unspecified atom stereocenters. The second-order valence-electron chi connectivity index (χ2n) is 6.26. The minimum absolute atomic E-state index is 0.853. The van der Waals surface area contributed by atoms with Crippen molar-refractivity contribution in [1.82, 2.24) is 4.90 Å². The number of para-hydroxylation sites is 1. The normalized spacial score (nSPS) is 17.7. The van der Waals surface area contributed by atoms with Gasteiger partial charge in [0.1, 0.15) is 0 Å². The van der Waals surface area contributed by atoms with Gasteiger partial charge in [-0.15, -0.1) is 0 Å². The van der Waals surface area contributed by atoms with Crippen molar-refractivity contribution in [1.29, 1.82) is 0 Å². The molecule has 23 heavy (non-hydrogen) atoms. The molecule has 1 saturated heterocycles. The van der Waals surface area contributed by atoms with Crippen molar-refractivity contribution in [2.75, 3.05) is 31.1 Å². The molecule has 0 N–H and O–H groups in total. The fourth-order valence-electron chi connectivity index (χ4n) is 3.61. The summed E-state index contributed by atoms with van der Waals surface area (Å²) in [5.74, 6) is 0. The Balaban J connectivity index is 1.47. The molecule has 2 aromatic carbocycles. The highest BCUT2D eigenvalue weighted by molar-refractivity contribution is 6.33. The highest BCUT2D eigenvalue weighted by Gasteiger charge is 2.22. The number of fused-ring (bicyclic) bond motifs is 1. The summed E-state index contributed by atoms with van der Waals surface area (Å²) in [7, 11) is 0. The second kappa shape index (κ2) is 6.29. The van der Waals surface area contributed by atoms with E-state index in [9.17, 15) is 0 Å². The van der Waals surface area contributed by atoms with E-state index in [1.807, 2.05) is 12.1 Å². The molecule has 1 aliphatic heterocycles. The predicted molar refractivity (Wildman–Crippen MR) is 98.0 cm³/mol. The van der Waals surface area contributed by atoms with Crippen molar-refractivity contribution in [3.63, 3.8) is 0 Å². The zero-order valence-electron chi connectivity index (χ0n) is 13.2. The molecule has 2 aliphatic rings. The average molecular weight is 325 g/mol. The Morgan fingerprint density at radius 2 is 1.43 bits per heavy atom. The van der Waals surface area contributed by atoms with Crippen LogP contribution in [-0.2, 0) is 6.42 Å². The third kappa shape index (κ3) is 2.96. The van der Waals surface area contributed by atoms with E-state index in [-0.39, 0.29) is 0 Å². The number of halogens is 1. The number of hydrogen-bond donors (Lipinski definition) is 0. The van der Waals surface area contributed by atoms with Crippen molar-refractivity contribution in [3.05, 3.63) is 70.4 Å². The van der Waals surface area contributed by atoms with Crippen LogP contribution in [0.1, 0.15) is 17.5 Å². The molecule has 2 nitrogen and oxygen atoms in total. The van der Waals surface area contributed by atoms with Crippen molar-refractivity contribution >= 4 is 23.4 Å². The Morgan fingerprint density at radius 3 is 2.26 bits per heavy atom. The van der Waals surface area contributed by atoms with Crippen molar-refractivity contribution in [2.45, 2.75) is 12.8 Å². The molecule has 4 rings (SSSR count). The molecular weight excluding hydrogens is 304 g/mol. The zero-order valence-corrected chi connectivity index (χ0v) is 14.0. The molecule has 1 heterocycles. The quantitative estimate of drug-likeness (QED) is 0.805. The van der Waals surface area contributed by atoms with Crippen LogP contribution in [0.2, 0.25) is 5.02 Å². The van der Waals surface area contributed by atoms with E-state index in [2.05, 4.69) is 52.3 Å².